The first-order chi connectivity index (χ1) is 14.5. The largest absolute Gasteiger partial charge is 0.457 e. The minimum absolute atomic E-state index is 0.0713. The van der Waals surface area contributed by atoms with Crippen molar-refractivity contribution in [3.63, 3.8) is 0 Å². The fourth-order valence-corrected chi connectivity index (χ4v) is 4.11. The average molecular weight is 487 g/mol. The number of nitrogens with one attached hydrogen (secondary N) is 1. The number of carbonyl (C=O) groups excluding carboxylic acids is 1. The number of anilines is 1. The molecule has 1 saturated carbocycles. The standard InChI is InChI=1S/C22H23BrN4O2S/c1-14(2)21-25-26-22(27(21)17-7-8-17)30-13-20(28)24-16-5-11-19(12-6-16)29-18-9-3-15(23)4-10-18/h3-6,9-12,14,17H,7-8,13H2,1-2H3,(H,24,28). The number of nitrogens with zero attached hydrogens (tertiary/aromatic N) is 3. The van der Waals surface area contributed by atoms with Gasteiger partial charge in [-0.1, -0.05) is 41.5 Å². The number of rotatable bonds is 8. The van der Waals surface area contributed by atoms with E-state index < -0.39 is 0 Å². The SMILES string of the molecule is CC(C)c1nnc(SCC(=O)Nc2ccc(Oc3ccc(Br)cc3)cc2)n1C1CC1. The molecule has 1 N–H and O–H groups in total. The van der Waals surface area contributed by atoms with Gasteiger partial charge in [0.15, 0.2) is 5.16 Å². The number of carbonyl (C=O) groups is 1. The van der Waals surface area contributed by atoms with E-state index in [0.29, 0.717) is 23.5 Å². The Bertz CT molecular complexity index is 1010. The predicted octanol–water partition coefficient (Wildman–Crippen LogP) is 6.02. The summed E-state index contributed by atoms with van der Waals surface area (Å²) in [5.41, 5.74) is 0.732. The van der Waals surface area contributed by atoms with Gasteiger partial charge >= 0.3 is 0 Å². The van der Waals surface area contributed by atoms with Crippen LogP contribution in [0.4, 0.5) is 5.69 Å². The van der Waals surface area contributed by atoms with Crippen molar-refractivity contribution in [3.8, 4) is 11.5 Å². The lowest BCUT2D eigenvalue weighted by molar-refractivity contribution is -0.113. The molecule has 1 aromatic heterocycles. The Balaban J connectivity index is 1.32. The molecule has 0 saturated heterocycles. The zero-order valence-electron chi connectivity index (χ0n) is 16.8. The van der Waals surface area contributed by atoms with Crippen molar-refractivity contribution in [2.45, 2.75) is 43.8 Å². The highest BCUT2D eigenvalue weighted by Gasteiger charge is 2.30. The van der Waals surface area contributed by atoms with Gasteiger partial charge in [-0.2, -0.15) is 0 Å². The Morgan fingerprint density at radius 1 is 1.13 bits per heavy atom. The van der Waals surface area contributed by atoms with Crippen molar-refractivity contribution in [2.75, 3.05) is 11.1 Å². The molecule has 0 atom stereocenters. The molecular formula is C22H23BrN4O2S. The summed E-state index contributed by atoms with van der Waals surface area (Å²) in [7, 11) is 0. The summed E-state index contributed by atoms with van der Waals surface area (Å²) in [4.78, 5) is 12.4. The summed E-state index contributed by atoms with van der Waals surface area (Å²) in [6, 6.07) is 15.5. The smallest absolute Gasteiger partial charge is 0.234 e. The van der Waals surface area contributed by atoms with E-state index in [0.717, 1.165) is 39.7 Å². The average Bonchev–Trinajstić information content (AvgIpc) is 3.48. The molecule has 0 unspecified atom stereocenters. The van der Waals surface area contributed by atoms with Gasteiger partial charge < -0.3 is 14.6 Å². The van der Waals surface area contributed by atoms with E-state index in [2.05, 4.69) is 49.9 Å². The molecule has 1 heterocycles. The molecule has 6 nitrogen and oxygen atoms in total. The molecule has 1 amide bonds. The summed E-state index contributed by atoms with van der Waals surface area (Å²) in [5.74, 6) is 3.01. The van der Waals surface area contributed by atoms with Crippen LogP contribution in [0.5, 0.6) is 11.5 Å². The molecule has 156 valence electrons. The zero-order chi connectivity index (χ0) is 21.1. The molecule has 1 aliphatic rings. The van der Waals surface area contributed by atoms with Crippen LogP contribution in [0.25, 0.3) is 0 Å². The number of aromatic nitrogens is 3. The monoisotopic (exact) mass is 486 g/mol. The molecule has 1 aliphatic carbocycles. The van der Waals surface area contributed by atoms with E-state index in [1.165, 1.54) is 11.8 Å². The summed E-state index contributed by atoms with van der Waals surface area (Å²) in [5, 5.41) is 12.4. The topological polar surface area (TPSA) is 69.0 Å². The van der Waals surface area contributed by atoms with Gasteiger partial charge in [-0.15, -0.1) is 10.2 Å². The van der Waals surface area contributed by atoms with Crippen molar-refractivity contribution in [1.29, 1.82) is 0 Å². The van der Waals surface area contributed by atoms with E-state index >= 15 is 0 Å². The van der Waals surface area contributed by atoms with Crippen molar-refractivity contribution in [1.82, 2.24) is 14.8 Å². The lowest BCUT2D eigenvalue weighted by atomic mass is 10.2. The van der Waals surface area contributed by atoms with E-state index in [9.17, 15) is 4.79 Å². The maximum Gasteiger partial charge on any atom is 0.234 e. The van der Waals surface area contributed by atoms with Crippen LogP contribution >= 0.6 is 27.7 Å². The number of benzene rings is 2. The van der Waals surface area contributed by atoms with Crippen LogP contribution in [-0.4, -0.2) is 26.4 Å². The maximum atomic E-state index is 12.4. The number of hydrogen-bond donors (Lipinski definition) is 1. The minimum atomic E-state index is -0.0713. The fourth-order valence-electron chi connectivity index (χ4n) is 3.03. The Kier molecular flexibility index (Phi) is 6.43. The first-order valence-electron chi connectivity index (χ1n) is 9.90. The highest BCUT2D eigenvalue weighted by molar-refractivity contribution is 9.10. The van der Waals surface area contributed by atoms with Crippen LogP contribution in [0.1, 0.15) is 44.5 Å². The van der Waals surface area contributed by atoms with Gasteiger partial charge in [-0.3, -0.25) is 4.79 Å². The molecule has 3 aromatic rings. The number of ether oxygens (including phenoxy) is 1. The lowest BCUT2D eigenvalue weighted by Gasteiger charge is -2.11. The lowest BCUT2D eigenvalue weighted by Crippen LogP contribution is -2.14. The van der Waals surface area contributed by atoms with Crippen LogP contribution < -0.4 is 10.1 Å². The maximum absolute atomic E-state index is 12.4. The number of thioether (sulfide) groups is 1. The molecule has 1 fully saturated rings. The van der Waals surface area contributed by atoms with Crippen LogP contribution in [0.15, 0.2) is 58.2 Å². The summed E-state index contributed by atoms with van der Waals surface area (Å²) in [6.45, 7) is 4.24. The molecule has 30 heavy (non-hydrogen) atoms. The molecular weight excluding hydrogens is 464 g/mol. The van der Waals surface area contributed by atoms with Crippen LogP contribution in [-0.2, 0) is 4.79 Å². The third-order valence-electron chi connectivity index (χ3n) is 4.64. The molecule has 4 rings (SSSR count). The minimum Gasteiger partial charge on any atom is -0.457 e. The Morgan fingerprint density at radius 2 is 1.77 bits per heavy atom. The molecule has 0 radical (unpaired) electrons. The Labute approximate surface area is 188 Å². The second kappa shape index (κ2) is 9.22. The van der Waals surface area contributed by atoms with Gasteiger partial charge in [0.25, 0.3) is 0 Å². The van der Waals surface area contributed by atoms with Crippen LogP contribution in [0, 0.1) is 0 Å². The summed E-state index contributed by atoms with van der Waals surface area (Å²) >= 11 is 4.84. The van der Waals surface area contributed by atoms with Gasteiger partial charge in [0.1, 0.15) is 17.3 Å². The quantitative estimate of drug-likeness (QED) is 0.394. The van der Waals surface area contributed by atoms with Crippen molar-refractivity contribution < 1.29 is 9.53 Å². The second-order valence-corrected chi connectivity index (χ2v) is 9.37. The first kappa shape index (κ1) is 20.9. The normalized spacial score (nSPS) is 13.5. The van der Waals surface area contributed by atoms with E-state index in [4.69, 9.17) is 4.74 Å². The van der Waals surface area contributed by atoms with Gasteiger partial charge in [-0.25, -0.2) is 0 Å². The number of hydrogen-bond acceptors (Lipinski definition) is 5. The second-order valence-electron chi connectivity index (χ2n) is 7.51. The molecule has 0 bridgehead atoms. The van der Waals surface area contributed by atoms with Gasteiger partial charge in [0.05, 0.1) is 5.75 Å². The van der Waals surface area contributed by atoms with Crippen LogP contribution in [0.2, 0.25) is 0 Å². The molecule has 0 aliphatic heterocycles. The predicted molar refractivity (Wildman–Crippen MR) is 122 cm³/mol. The molecule has 8 heteroatoms. The third-order valence-corrected chi connectivity index (χ3v) is 6.11. The highest BCUT2D eigenvalue weighted by atomic mass is 79.9. The van der Waals surface area contributed by atoms with Crippen molar-refractivity contribution in [2.24, 2.45) is 0 Å². The van der Waals surface area contributed by atoms with Gasteiger partial charge in [0.2, 0.25) is 5.91 Å². The van der Waals surface area contributed by atoms with Crippen molar-refractivity contribution in [3.05, 3.63) is 58.8 Å². The highest BCUT2D eigenvalue weighted by Crippen LogP contribution is 2.40. The molecule has 0 spiro atoms. The number of halogens is 1. The number of amides is 1. The van der Waals surface area contributed by atoms with E-state index in [1.54, 1.807) is 0 Å². The zero-order valence-corrected chi connectivity index (χ0v) is 19.2. The first-order valence-corrected chi connectivity index (χ1v) is 11.7. The Hall–Kier alpha value is -2.32. The van der Waals surface area contributed by atoms with Gasteiger partial charge in [-0.05, 0) is 61.4 Å². The van der Waals surface area contributed by atoms with Crippen molar-refractivity contribution >= 4 is 39.3 Å². The Morgan fingerprint density at radius 3 is 2.37 bits per heavy atom. The fraction of sp³-hybridized carbons (Fsp3) is 0.318. The summed E-state index contributed by atoms with van der Waals surface area (Å²) < 4.78 is 9.01. The van der Waals surface area contributed by atoms with E-state index in [1.807, 2.05) is 48.5 Å². The van der Waals surface area contributed by atoms with Crippen LogP contribution in [0.3, 0.4) is 0 Å². The third kappa shape index (κ3) is 5.23. The molecule has 2 aromatic carbocycles. The van der Waals surface area contributed by atoms with Gasteiger partial charge in [0, 0.05) is 22.1 Å². The summed E-state index contributed by atoms with van der Waals surface area (Å²) in [6.07, 6.45) is 2.32. The van der Waals surface area contributed by atoms with E-state index in [-0.39, 0.29) is 5.91 Å².